The minimum absolute atomic E-state index is 0.0845. The van der Waals surface area contributed by atoms with Crippen LogP contribution < -0.4 is 26.8 Å². The number of nitrogens with two attached hydrogens (primary N) is 3. The van der Waals surface area contributed by atoms with Gasteiger partial charge in [-0.2, -0.15) is 15.4 Å². The quantitative estimate of drug-likeness (QED) is 0.0928. The number of nitrogens with one attached hydrogen (secondary N) is 1. The number of nitrogen functional groups attached to an aromatic ring is 1. The van der Waals surface area contributed by atoms with Crippen molar-refractivity contribution >= 4 is 37.0 Å². The number of benzene rings is 1. The molecule has 1 aliphatic heterocycles. The third kappa shape index (κ3) is 9.49. The maximum atomic E-state index is 14.5. The van der Waals surface area contributed by atoms with E-state index in [0.29, 0.717) is 5.52 Å². The number of nitriles is 1. The molecule has 1 aliphatic rings. The smallest absolute Gasteiger partial charge is 0.459 e. The van der Waals surface area contributed by atoms with Crippen LogP contribution in [0.3, 0.4) is 0 Å². The fourth-order valence-electron chi connectivity index (χ4n) is 5.20. The first-order valence-electron chi connectivity index (χ1n) is 17.0. The van der Waals surface area contributed by atoms with E-state index >= 15 is 0 Å². The van der Waals surface area contributed by atoms with Crippen molar-refractivity contribution in [1.29, 1.82) is 5.26 Å². The maximum Gasteiger partial charge on any atom is 0.459 e. The Morgan fingerprint density at radius 2 is 1.60 bits per heavy atom. The zero-order valence-electron chi connectivity index (χ0n) is 30.6. The fraction of sp³-hybridized carbons (Fsp3) is 0.529. The number of esters is 3. The summed E-state index contributed by atoms with van der Waals surface area (Å²) in [5.74, 6) is -3.21. The van der Waals surface area contributed by atoms with Crippen LogP contribution in [0.2, 0.25) is 0 Å². The van der Waals surface area contributed by atoms with Crippen LogP contribution in [-0.4, -0.2) is 81.2 Å². The fourth-order valence-corrected chi connectivity index (χ4v) is 6.72. The van der Waals surface area contributed by atoms with Crippen LogP contribution >= 0.6 is 7.75 Å². The first kappa shape index (κ1) is 41.1. The SMILES string of the molecule is CC(C)OC(=O)[C@H](C)N[P@](=O)(OC[C@@]1(C#N)O[C@@H](c2ccc3c(N)ncnn23)[C@H](OC(=O)[C@@H](N)C(C)C)[C@@H]1OC(=O)[C@@H](N)C(C)C)Oc1ccccc1. The summed E-state index contributed by atoms with van der Waals surface area (Å²) in [4.78, 5) is 43.8. The lowest BCUT2D eigenvalue weighted by Gasteiger charge is -2.31. The molecule has 3 heterocycles. The Morgan fingerprint density at radius 1 is 0.981 bits per heavy atom. The number of hydrogen-bond acceptors (Lipinski definition) is 16. The highest BCUT2D eigenvalue weighted by Gasteiger charge is 2.62. The Morgan fingerprint density at radius 3 is 2.19 bits per heavy atom. The Hall–Kier alpha value is -4.63. The maximum absolute atomic E-state index is 14.5. The molecule has 0 radical (unpaired) electrons. The Kier molecular flexibility index (Phi) is 13.2. The number of fused-ring (bicyclic) bond motifs is 1. The van der Waals surface area contributed by atoms with Gasteiger partial charge in [-0.1, -0.05) is 45.9 Å². The van der Waals surface area contributed by atoms with Crippen LogP contribution in [0.4, 0.5) is 5.82 Å². The van der Waals surface area contributed by atoms with E-state index in [9.17, 15) is 24.2 Å². The van der Waals surface area contributed by atoms with Crippen molar-refractivity contribution in [3.05, 3.63) is 54.5 Å². The molecule has 1 fully saturated rings. The summed E-state index contributed by atoms with van der Waals surface area (Å²) in [5, 5.41) is 17.7. The molecule has 1 saturated heterocycles. The van der Waals surface area contributed by atoms with Crippen LogP contribution in [0.25, 0.3) is 5.52 Å². The molecule has 7 N–H and O–H groups in total. The summed E-state index contributed by atoms with van der Waals surface area (Å²) in [6, 6.07) is 9.50. The topological polar surface area (TPSA) is 268 Å². The molecule has 0 amide bonds. The molecule has 2 aromatic heterocycles. The molecule has 0 aliphatic carbocycles. The van der Waals surface area contributed by atoms with E-state index in [2.05, 4.69) is 15.2 Å². The zero-order valence-corrected chi connectivity index (χ0v) is 31.5. The monoisotopic (exact) mass is 758 g/mol. The molecule has 0 saturated carbocycles. The van der Waals surface area contributed by atoms with E-state index < -0.39 is 86.3 Å². The van der Waals surface area contributed by atoms with Crippen molar-refractivity contribution in [3.63, 3.8) is 0 Å². The predicted octanol–water partition coefficient (Wildman–Crippen LogP) is 2.57. The van der Waals surface area contributed by atoms with Crippen molar-refractivity contribution < 1.29 is 46.9 Å². The van der Waals surface area contributed by atoms with Gasteiger partial charge in [-0.3, -0.25) is 18.9 Å². The average molecular weight is 759 g/mol. The molecule has 1 aromatic carbocycles. The Labute approximate surface area is 307 Å². The van der Waals surface area contributed by atoms with Crippen LogP contribution in [0, 0.1) is 23.2 Å². The van der Waals surface area contributed by atoms with E-state index in [1.165, 1.54) is 29.9 Å². The van der Waals surface area contributed by atoms with Crippen molar-refractivity contribution in [2.24, 2.45) is 23.3 Å². The molecule has 3 aromatic rings. The van der Waals surface area contributed by atoms with Crippen LogP contribution in [0.1, 0.15) is 60.3 Å². The first-order chi connectivity index (χ1) is 24.9. The number of aromatic nitrogens is 3. The number of carbonyl (C=O) groups is 3. The number of rotatable bonds is 16. The lowest BCUT2D eigenvalue weighted by molar-refractivity contribution is -0.172. The third-order valence-electron chi connectivity index (χ3n) is 8.34. The van der Waals surface area contributed by atoms with Gasteiger partial charge in [0.2, 0.25) is 5.60 Å². The molecule has 53 heavy (non-hydrogen) atoms. The zero-order chi connectivity index (χ0) is 39.2. The summed E-state index contributed by atoms with van der Waals surface area (Å²) in [6.45, 7) is 10.5. The molecule has 19 heteroatoms. The van der Waals surface area contributed by atoms with Gasteiger partial charge in [-0.25, -0.2) is 14.1 Å². The van der Waals surface area contributed by atoms with Gasteiger partial charge < -0.3 is 40.7 Å². The van der Waals surface area contributed by atoms with Gasteiger partial charge >= 0.3 is 25.7 Å². The Balaban J connectivity index is 1.84. The third-order valence-corrected chi connectivity index (χ3v) is 9.96. The van der Waals surface area contributed by atoms with Crippen LogP contribution in [0.15, 0.2) is 48.8 Å². The van der Waals surface area contributed by atoms with Crippen molar-refractivity contribution in [3.8, 4) is 11.8 Å². The molecule has 8 atom stereocenters. The van der Waals surface area contributed by atoms with Gasteiger partial charge in [0.15, 0.2) is 18.0 Å². The van der Waals surface area contributed by atoms with Crippen molar-refractivity contribution in [1.82, 2.24) is 19.7 Å². The van der Waals surface area contributed by atoms with E-state index in [1.54, 1.807) is 71.9 Å². The number of anilines is 1. The second-order valence-electron chi connectivity index (χ2n) is 13.6. The van der Waals surface area contributed by atoms with Crippen molar-refractivity contribution in [2.45, 2.75) is 96.6 Å². The van der Waals surface area contributed by atoms with Crippen LogP contribution in [-0.2, 0) is 42.4 Å². The largest absolute Gasteiger partial charge is 0.462 e. The second kappa shape index (κ2) is 17.0. The lowest BCUT2D eigenvalue weighted by atomic mass is 9.95. The molecular formula is C34H47N8O10P. The number of nitrogens with zero attached hydrogens (tertiary/aromatic N) is 4. The van der Waals surface area contributed by atoms with Gasteiger partial charge in [0, 0.05) is 0 Å². The molecular weight excluding hydrogens is 711 g/mol. The summed E-state index contributed by atoms with van der Waals surface area (Å²) in [6.07, 6.45) is -4.04. The Bertz CT molecular complexity index is 1850. The number of hydrogen-bond donors (Lipinski definition) is 4. The number of para-hydroxylation sites is 1. The molecule has 288 valence electrons. The van der Waals surface area contributed by atoms with Crippen molar-refractivity contribution in [2.75, 3.05) is 12.3 Å². The minimum atomic E-state index is -4.62. The van der Waals surface area contributed by atoms with Gasteiger partial charge in [-0.15, -0.1) is 0 Å². The standard InChI is InChI=1S/C34H47N8O10P/c1-18(2)25(36)32(44)49-28-27(23-13-14-24-30(38)39-17-40-42(23)24)51-34(15-35,29(28)50-33(45)26(37)19(3)4)16-47-53(46,52-22-11-9-8-10-12-22)41-21(7)31(43)48-20(5)6/h8-14,17-21,25-29H,16,36-37H2,1-7H3,(H,41,46)(H2,38,39,40)/t21-,25-,26-,27-,28-,29-,34+,53-/m0/s1. The summed E-state index contributed by atoms with van der Waals surface area (Å²) < 4.78 is 51.0. The summed E-state index contributed by atoms with van der Waals surface area (Å²) in [5.41, 5.74) is 16.6. The number of ether oxygens (including phenoxy) is 4. The highest BCUT2D eigenvalue weighted by Crippen LogP contribution is 2.50. The van der Waals surface area contributed by atoms with Gasteiger partial charge in [-0.05, 0) is 56.9 Å². The predicted molar refractivity (Wildman–Crippen MR) is 189 cm³/mol. The minimum Gasteiger partial charge on any atom is -0.462 e. The summed E-state index contributed by atoms with van der Waals surface area (Å²) in [7, 11) is -4.62. The first-order valence-corrected chi connectivity index (χ1v) is 18.5. The van der Waals surface area contributed by atoms with Gasteiger partial charge in [0.1, 0.15) is 54.5 Å². The van der Waals surface area contributed by atoms with E-state index in [1.807, 2.05) is 6.07 Å². The van der Waals surface area contributed by atoms with E-state index in [0.717, 1.165) is 0 Å². The van der Waals surface area contributed by atoms with Gasteiger partial charge in [0.05, 0.1) is 11.8 Å². The molecule has 0 bridgehead atoms. The molecule has 0 spiro atoms. The second-order valence-corrected chi connectivity index (χ2v) is 15.2. The number of carbonyl (C=O) groups excluding carboxylic acids is 3. The average Bonchev–Trinajstić information content (AvgIpc) is 3.66. The van der Waals surface area contributed by atoms with Gasteiger partial charge in [0.25, 0.3) is 0 Å². The highest BCUT2D eigenvalue weighted by molar-refractivity contribution is 7.52. The van der Waals surface area contributed by atoms with E-state index in [4.69, 9.17) is 45.2 Å². The normalized spacial score (nSPS) is 22.9. The molecule has 0 unspecified atom stereocenters. The molecule has 4 rings (SSSR count). The van der Waals surface area contributed by atoms with Crippen LogP contribution in [0.5, 0.6) is 5.75 Å². The highest BCUT2D eigenvalue weighted by atomic mass is 31.2. The lowest BCUT2D eigenvalue weighted by Crippen LogP contribution is -2.53. The van der Waals surface area contributed by atoms with E-state index in [-0.39, 0.29) is 23.2 Å². The summed E-state index contributed by atoms with van der Waals surface area (Å²) >= 11 is 0. The molecule has 18 nitrogen and oxygen atoms in total.